The zero-order valence-electron chi connectivity index (χ0n) is 14.2. The summed E-state index contributed by atoms with van der Waals surface area (Å²) in [5.41, 5.74) is 1.17. The standard InChI is InChI=1S/C17H22N4O4/c1-2-20-8-17(16(24)25)9-21(7-11(17)14(20)22)15(23)13-10-5-3-4-6-12(10)18-19-13/h11H,2-9H2,1H3,(H,18,19)(H,24,25)/t11-,17+/m0/s1. The van der Waals surface area contributed by atoms with E-state index < -0.39 is 17.3 Å². The van der Waals surface area contributed by atoms with Gasteiger partial charge in [0.1, 0.15) is 5.41 Å². The molecule has 2 aliphatic heterocycles. The number of amides is 2. The van der Waals surface area contributed by atoms with Gasteiger partial charge in [-0.15, -0.1) is 0 Å². The Labute approximate surface area is 145 Å². The van der Waals surface area contributed by atoms with Gasteiger partial charge < -0.3 is 14.9 Å². The van der Waals surface area contributed by atoms with E-state index in [9.17, 15) is 19.5 Å². The second-order valence-corrected chi connectivity index (χ2v) is 7.29. The number of aryl methyl sites for hydroxylation is 1. The van der Waals surface area contributed by atoms with Gasteiger partial charge in [0.25, 0.3) is 5.91 Å². The first-order valence-corrected chi connectivity index (χ1v) is 8.85. The number of aromatic amines is 1. The number of rotatable bonds is 3. The number of aliphatic carboxylic acids is 1. The highest BCUT2D eigenvalue weighted by molar-refractivity contribution is 5.98. The first-order chi connectivity index (χ1) is 12.0. The van der Waals surface area contributed by atoms with E-state index in [-0.39, 0.29) is 31.4 Å². The van der Waals surface area contributed by atoms with E-state index in [4.69, 9.17) is 0 Å². The summed E-state index contributed by atoms with van der Waals surface area (Å²) < 4.78 is 0. The van der Waals surface area contributed by atoms with E-state index in [0.29, 0.717) is 12.2 Å². The molecule has 8 nitrogen and oxygen atoms in total. The van der Waals surface area contributed by atoms with E-state index >= 15 is 0 Å². The summed E-state index contributed by atoms with van der Waals surface area (Å²) in [6.07, 6.45) is 3.81. The van der Waals surface area contributed by atoms with E-state index in [1.807, 2.05) is 6.92 Å². The number of hydrogen-bond acceptors (Lipinski definition) is 4. The van der Waals surface area contributed by atoms with Crippen LogP contribution in [0.2, 0.25) is 0 Å². The van der Waals surface area contributed by atoms with Crippen molar-refractivity contribution in [2.75, 3.05) is 26.2 Å². The number of fused-ring (bicyclic) bond motifs is 2. The van der Waals surface area contributed by atoms with Gasteiger partial charge in [-0.3, -0.25) is 19.5 Å². The van der Waals surface area contributed by atoms with Crippen molar-refractivity contribution in [3.8, 4) is 0 Å². The minimum Gasteiger partial charge on any atom is -0.481 e. The number of aromatic nitrogens is 2. The van der Waals surface area contributed by atoms with Crippen molar-refractivity contribution in [1.82, 2.24) is 20.0 Å². The maximum Gasteiger partial charge on any atom is 0.314 e. The summed E-state index contributed by atoms with van der Waals surface area (Å²) in [4.78, 5) is 40.5. The Bertz CT molecular complexity index is 758. The van der Waals surface area contributed by atoms with Crippen LogP contribution in [0.5, 0.6) is 0 Å². The van der Waals surface area contributed by atoms with Crippen LogP contribution in [0, 0.1) is 11.3 Å². The first kappa shape index (κ1) is 16.1. The molecule has 3 heterocycles. The largest absolute Gasteiger partial charge is 0.481 e. The fraction of sp³-hybridized carbons (Fsp3) is 0.647. The lowest BCUT2D eigenvalue weighted by molar-refractivity contribution is -0.149. The van der Waals surface area contributed by atoms with Gasteiger partial charge in [-0.05, 0) is 32.6 Å². The molecule has 1 aromatic heterocycles. The molecular weight excluding hydrogens is 324 g/mol. The van der Waals surface area contributed by atoms with Crippen molar-refractivity contribution in [3.63, 3.8) is 0 Å². The maximum absolute atomic E-state index is 13.0. The molecule has 2 atom stereocenters. The third-order valence-corrected chi connectivity index (χ3v) is 5.98. The molecule has 2 fully saturated rings. The van der Waals surface area contributed by atoms with Gasteiger partial charge in [-0.1, -0.05) is 0 Å². The quantitative estimate of drug-likeness (QED) is 0.818. The number of hydrogen-bond donors (Lipinski definition) is 2. The fourth-order valence-electron chi connectivity index (χ4n) is 4.54. The maximum atomic E-state index is 13.0. The molecule has 0 aromatic carbocycles. The monoisotopic (exact) mass is 346 g/mol. The lowest BCUT2D eigenvalue weighted by atomic mass is 9.81. The molecule has 1 aliphatic carbocycles. The molecule has 0 saturated carbocycles. The third-order valence-electron chi connectivity index (χ3n) is 5.98. The molecule has 0 unspecified atom stereocenters. The number of carboxylic acid groups (broad SMARTS) is 1. The normalized spacial score (nSPS) is 28.2. The molecule has 0 spiro atoms. The molecule has 8 heteroatoms. The van der Waals surface area contributed by atoms with Gasteiger partial charge in [0.2, 0.25) is 5.91 Å². The minimum atomic E-state index is -1.20. The summed E-state index contributed by atoms with van der Waals surface area (Å²) in [6, 6.07) is 0. The van der Waals surface area contributed by atoms with E-state index in [2.05, 4.69) is 10.2 Å². The van der Waals surface area contributed by atoms with Crippen LogP contribution in [0.1, 0.15) is 41.5 Å². The average molecular weight is 346 g/mol. The second kappa shape index (κ2) is 5.57. The Hall–Kier alpha value is -2.38. The number of carbonyl (C=O) groups excluding carboxylic acids is 2. The van der Waals surface area contributed by atoms with E-state index in [0.717, 1.165) is 36.9 Å². The Kier molecular flexibility index (Phi) is 3.59. The Morgan fingerprint density at radius 1 is 1.32 bits per heavy atom. The predicted octanol–water partition coefficient (Wildman–Crippen LogP) is 0.294. The van der Waals surface area contributed by atoms with Crippen LogP contribution in [-0.2, 0) is 22.4 Å². The number of likely N-dealkylation sites (tertiary alicyclic amines) is 2. The number of carboxylic acids is 1. The van der Waals surface area contributed by atoms with Gasteiger partial charge >= 0.3 is 5.97 Å². The lowest BCUT2D eigenvalue weighted by Gasteiger charge is -2.24. The SMILES string of the molecule is CCN1C[C@@]2(C(=O)O)CN(C(=O)c3n[nH]c4c3CCCC4)C[C@H]2C1=O. The minimum absolute atomic E-state index is 0.0652. The van der Waals surface area contributed by atoms with Crippen LogP contribution < -0.4 is 0 Å². The molecule has 1 aromatic rings. The summed E-state index contributed by atoms with van der Waals surface area (Å²) in [7, 11) is 0. The molecule has 25 heavy (non-hydrogen) atoms. The van der Waals surface area contributed by atoms with Crippen LogP contribution in [0.3, 0.4) is 0 Å². The van der Waals surface area contributed by atoms with Crippen LogP contribution in [-0.4, -0.2) is 69.1 Å². The van der Waals surface area contributed by atoms with Gasteiger partial charge in [0, 0.05) is 37.4 Å². The van der Waals surface area contributed by atoms with E-state index in [1.54, 1.807) is 4.90 Å². The summed E-state index contributed by atoms with van der Waals surface area (Å²) in [5, 5.41) is 16.9. The van der Waals surface area contributed by atoms with Gasteiger partial charge in [0.15, 0.2) is 5.69 Å². The Balaban J connectivity index is 1.62. The van der Waals surface area contributed by atoms with Crippen molar-refractivity contribution >= 4 is 17.8 Å². The highest BCUT2D eigenvalue weighted by Gasteiger charge is 2.62. The molecule has 2 amide bonds. The molecule has 4 rings (SSSR count). The highest BCUT2D eigenvalue weighted by atomic mass is 16.4. The number of H-pyrrole nitrogens is 1. The van der Waals surface area contributed by atoms with Crippen LogP contribution in [0.25, 0.3) is 0 Å². The average Bonchev–Trinajstić information content (AvgIpc) is 3.26. The first-order valence-electron chi connectivity index (χ1n) is 8.85. The van der Waals surface area contributed by atoms with Crippen LogP contribution in [0.15, 0.2) is 0 Å². The molecular formula is C17H22N4O4. The molecule has 2 saturated heterocycles. The summed E-state index contributed by atoms with van der Waals surface area (Å²) in [6.45, 7) is 2.72. The van der Waals surface area contributed by atoms with Crippen molar-refractivity contribution in [1.29, 1.82) is 0 Å². The third kappa shape index (κ3) is 2.19. The lowest BCUT2D eigenvalue weighted by Crippen LogP contribution is -2.42. The fourth-order valence-corrected chi connectivity index (χ4v) is 4.54. The molecule has 0 bridgehead atoms. The smallest absolute Gasteiger partial charge is 0.314 e. The second-order valence-electron chi connectivity index (χ2n) is 7.29. The van der Waals surface area contributed by atoms with Crippen molar-refractivity contribution in [2.45, 2.75) is 32.6 Å². The Morgan fingerprint density at radius 2 is 2.08 bits per heavy atom. The van der Waals surface area contributed by atoms with Gasteiger partial charge in [-0.2, -0.15) is 5.10 Å². The van der Waals surface area contributed by atoms with Crippen molar-refractivity contribution in [2.24, 2.45) is 11.3 Å². The number of nitrogens with zero attached hydrogens (tertiary/aromatic N) is 3. The molecule has 2 N–H and O–H groups in total. The molecule has 3 aliphatic rings. The number of nitrogens with one attached hydrogen (secondary N) is 1. The summed E-state index contributed by atoms with van der Waals surface area (Å²) >= 11 is 0. The molecule has 134 valence electrons. The van der Waals surface area contributed by atoms with Crippen molar-refractivity contribution in [3.05, 3.63) is 17.0 Å². The van der Waals surface area contributed by atoms with Crippen LogP contribution >= 0.6 is 0 Å². The zero-order chi connectivity index (χ0) is 17.8. The van der Waals surface area contributed by atoms with E-state index in [1.165, 1.54) is 4.90 Å². The van der Waals surface area contributed by atoms with Crippen molar-refractivity contribution < 1.29 is 19.5 Å². The summed E-state index contributed by atoms with van der Waals surface area (Å²) in [5.74, 6) is -2.08. The predicted molar refractivity (Wildman–Crippen MR) is 86.9 cm³/mol. The topological polar surface area (TPSA) is 107 Å². The Morgan fingerprint density at radius 3 is 2.76 bits per heavy atom. The zero-order valence-corrected chi connectivity index (χ0v) is 14.2. The van der Waals surface area contributed by atoms with Gasteiger partial charge in [0.05, 0.1) is 5.92 Å². The highest BCUT2D eigenvalue weighted by Crippen LogP contribution is 2.44. The molecule has 0 radical (unpaired) electrons. The van der Waals surface area contributed by atoms with Gasteiger partial charge in [-0.25, -0.2) is 0 Å². The van der Waals surface area contributed by atoms with Crippen LogP contribution in [0.4, 0.5) is 0 Å². The number of carbonyl (C=O) groups is 3.